The molecule has 4 heterocycles. The molecule has 3 aromatic rings. The van der Waals surface area contributed by atoms with Crippen LogP contribution in [0.5, 0.6) is 0 Å². The Morgan fingerprint density at radius 3 is 2.00 bits per heavy atom. The van der Waals surface area contributed by atoms with Gasteiger partial charge in [0.15, 0.2) is 12.1 Å². The molecule has 0 saturated carbocycles. The van der Waals surface area contributed by atoms with E-state index in [1.54, 1.807) is 24.3 Å². The summed E-state index contributed by atoms with van der Waals surface area (Å²) in [4.78, 5) is 29.4. The Morgan fingerprint density at radius 1 is 0.767 bits per heavy atom. The molecule has 3 saturated heterocycles. The fourth-order valence-electron chi connectivity index (χ4n) is 6.53. The van der Waals surface area contributed by atoms with Crippen LogP contribution in [0.4, 0.5) is 0 Å². The summed E-state index contributed by atoms with van der Waals surface area (Å²) in [6, 6.07) is 22.6. The van der Waals surface area contributed by atoms with Crippen LogP contribution in [0.25, 0.3) is 0 Å². The van der Waals surface area contributed by atoms with Gasteiger partial charge in [-0.15, -0.1) is 0 Å². The first kappa shape index (κ1) is 28.3. The molecule has 0 unspecified atom stereocenters. The highest BCUT2D eigenvalue weighted by atomic mass is 16.7. The lowest BCUT2D eigenvalue weighted by Crippen LogP contribution is -2.48. The Hall–Kier alpha value is -3.44. The molecule has 9 nitrogen and oxygen atoms in total. The second-order valence-electron chi connectivity index (χ2n) is 11.7. The molecule has 2 amide bonds. The number of rotatable bonds is 7. The number of benzene rings is 3. The van der Waals surface area contributed by atoms with Crippen LogP contribution < -0.4 is 0 Å². The lowest BCUT2D eigenvalue weighted by molar-refractivity contribution is -0.255. The maximum absolute atomic E-state index is 12.8. The van der Waals surface area contributed by atoms with Gasteiger partial charge in [0.2, 0.25) is 0 Å². The monoisotopic (exact) mass is 584 g/mol. The molecule has 0 radical (unpaired) electrons. The van der Waals surface area contributed by atoms with E-state index >= 15 is 0 Å². The van der Waals surface area contributed by atoms with Crippen LogP contribution in [0, 0.1) is 0 Å². The zero-order valence-electron chi connectivity index (χ0n) is 24.0. The van der Waals surface area contributed by atoms with Crippen molar-refractivity contribution in [3.05, 3.63) is 106 Å². The number of hydrogen-bond acceptors (Lipinski definition) is 8. The lowest BCUT2D eigenvalue weighted by Gasteiger charge is -2.41. The molecule has 9 heteroatoms. The van der Waals surface area contributed by atoms with Crippen LogP contribution in [0.1, 0.15) is 74.6 Å². The SMILES string of the molecule is O=C1c2ccccc2C(=O)N1Cc1ccc([C@H]2O[C@@H](CN3CCC4(CC3)OCCO4)C[C@@H](c3ccc(CO)cc3)O2)cc1. The molecule has 0 aromatic heterocycles. The zero-order chi connectivity index (χ0) is 29.4. The number of ether oxygens (including phenoxy) is 4. The summed E-state index contributed by atoms with van der Waals surface area (Å²) < 4.78 is 24.9. The average molecular weight is 585 g/mol. The molecule has 224 valence electrons. The summed E-state index contributed by atoms with van der Waals surface area (Å²) in [6.45, 7) is 4.07. The first-order valence-corrected chi connectivity index (χ1v) is 15.1. The summed E-state index contributed by atoms with van der Waals surface area (Å²) in [5.74, 6) is -0.950. The van der Waals surface area contributed by atoms with Gasteiger partial charge in [0.1, 0.15) is 0 Å². The van der Waals surface area contributed by atoms with Crippen LogP contribution in [0.2, 0.25) is 0 Å². The van der Waals surface area contributed by atoms with E-state index < -0.39 is 12.1 Å². The molecule has 0 aliphatic carbocycles. The molecule has 4 aliphatic heterocycles. The Balaban J connectivity index is 1.05. The van der Waals surface area contributed by atoms with E-state index in [-0.39, 0.29) is 37.2 Å². The number of likely N-dealkylation sites (tertiary alicyclic amines) is 1. The molecule has 3 fully saturated rings. The van der Waals surface area contributed by atoms with Gasteiger partial charge in [0, 0.05) is 44.5 Å². The van der Waals surface area contributed by atoms with E-state index in [1.807, 2.05) is 48.5 Å². The quantitative estimate of drug-likeness (QED) is 0.410. The molecule has 3 aromatic carbocycles. The zero-order valence-corrected chi connectivity index (χ0v) is 24.0. The van der Waals surface area contributed by atoms with Crippen LogP contribution >= 0.6 is 0 Å². The first-order valence-electron chi connectivity index (χ1n) is 15.1. The van der Waals surface area contributed by atoms with Gasteiger partial charge >= 0.3 is 0 Å². The largest absolute Gasteiger partial charge is 0.392 e. The predicted octanol–water partition coefficient (Wildman–Crippen LogP) is 4.36. The van der Waals surface area contributed by atoms with Crippen LogP contribution in [0.3, 0.4) is 0 Å². The van der Waals surface area contributed by atoms with E-state index in [0.717, 1.165) is 54.7 Å². The molecular formula is C34H36N2O7. The number of hydrogen-bond donors (Lipinski definition) is 1. The van der Waals surface area contributed by atoms with E-state index in [9.17, 15) is 14.7 Å². The number of aliphatic hydroxyl groups excluding tert-OH is 1. The number of fused-ring (bicyclic) bond motifs is 1. The van der Waals surface area contributed by atoms with Crippen LogP contribution in [0.15, 0.2) is 72.8 Å². The van der Waals surface area contributed by atoms with Crippen molar-refractivity contribution in [1.82, 2.24) is 9.80 Å². The number of carbonyl (C=O) groups excluding carboxylic acids is 2. The summed E-state index contributed by atoms with van der Waals surface area (Å²) in [5.41, 5.74) is 4.52. The Morgan fingerprint density at radius 2 is 1.37 bits per heavy atom. The summed E-state index contributed by atoms with van der Waals surface area (Å²) >= 11 is 0. The van der Waals surface area contributed by atoms with Crippen molar-refractivity contribution in [3.8, 4) is 0 Å². The van der Waals surface area contributed by atoms with Gasteiger partial charge in [-0.1, -0.05) is 60.7 Å². The minimum absolute atomic E-state index is 0.00287. The highest BCUT2D eigenvalue weighted by Gasteiger charge is 2.41. The maximum Gasteiger partial charge on any atom is 0.261 e. The van der Waals surface area contributed by atoms with Gasteiger partial charge in [-0.05, 0) is 28.8 Å². The van der Waals surface area contributed by atoms with Gasteiger partial charge in [-0.25, -0.2) is 0 Å². The second-order valence-corrected chi connectivity index (χ2v) is 11.7. The van der Waals surface area contributed by atoms with Crippen LogP contribution in [-0.4, -0.2) is 71.5 Å². The van der Waals surface area contributed by atoms with Crippen molar-refractivity contribution in [3.63, 3.8) is 0 Å². The highest BCUT2D eigenvalue weighted by molar-refractivity contribution is 6.21. The number of carbonyl (C=O) groups is 2. The number of piperidine rings is 1. The lowest BCUT2D eigenvalue weighted by atomic mass is 9.98. The number of amides is 2. The first-order chi connectivity index (χ1) is 21.0. The van der Waals surface area contributed by atoms with E-state index in [2.05, 4.69) is 4.90 Å². The van der Waals surface area contributed by atoms with Crippen molar-refractivity contribution in [2.75, 3.05) is 32.8 Å². The molecule has 43 heavy (non-hydrogen) atoms. The van der Waals surface area contributed by atoms with Gasteiger partial charge in [-0.3, -0.25) is 14.5 Å². The highest BCUT2D eigenvalue weighted by Crippen LogP contribution is 2.39. The summed E-state index contributed by atoms with van der Waals surface area (Å²) in [6.07, 6.45) is 1.60. The normalized spacial score (nSPS) is 25.4. The third-order valence-corrected chi connectivity index (χ3v) is 8.98. The number of nitrogens with zero attached hydrogens (tertiary/aromatic N) is 2. The van der Waals surface area contributed by atoms with E-state index in [1.165, 1.54) is 4.90 Å². The molecule has 3 atom stereocenters. The van der Waals surface area contributed by atoms with E-state index in [0.29, 0.717) is 30.8 Å². The van der Waals surface area contributed by atoms with Gasteiger partial charge in [0.25, 0.3) is 11.8 Å². The number of aliphatic hydroxyl groups is 1. The van der Waals surface area contributed by atoms with Crippen molar-refractivity contribution in [2.45, 2.75) is 56.7 Å². The molecule has 4 aliphatic rings. The van der Waals surface area contributed by atoms with Crippen molar-refractivity contribution in [1.29, 1.82) is 0 Å². The Bertz CT molecular complexity index is 1420. The van der Waals surface area contributed by atoms with Gasteiger partial charge < -0.3 is 29.0 Å². The summed E-state index contributed by atoms with van der Waals surface area (Å²) in [5, 5.41) is 9.50. The minimum Gasteiger partial charge on any atom is -0.392 e. The topological polar surface area (TPSA) is 97.8 Å². The summed E-state index contributed by atoms with van der Waals surface area (Å²) in [7, 11) is 0. The third-order valence-electron chi connectivity index (χ3n) is 8.98. The Kier molecular flexibility index (Phi) is 7.85. The maximum atomic E-state index is 12.8. The average Bonchev–Trinajstić information content (AvgIpc) is 3.61. The number of imide groups is 1. The fourth-order valence-corrected chi connectivity index (χ4v) is 6.53. The molecule has 7 rings (SSSR count). The van der Waals surface area contributed by atoms with Crippen LogP contribution in [-0.2, 0) is 32.1 Å². The fraction of sp³-hybridized carbons (Fsp3) is 0.412. The van der Waals surface area contributed by atoms with Crippen molar-refractivity contribution < 1.29 is 33.6 Å². The molecular weight excluding hydrogens is 548 g/mol. The smallest absolute Gasteiger partial charge is 0.261 e. The molecule has 0 bridgehead atoms. The van der Waals surface area contributed by atoms with Crippen molar-refractivity contribution >= 4 is 11.8 Å². The van der Waals surface area contributed by atoms with Crippen molar-refractivity contribution in [2.24, 2.45) is 0 Å². The third kappa shape index (κ3) is 5.76. The molecule has 1 spiro atoms. The minimum atomic E-state index is -0.577. The second kappa shape index (κ2) is 11.9. The predicted molar refractivity (Wildman–Crippen MR) is 156 cm³/mol. The van der Waals surface area contributed by atoms with Gasteiger partial charge in [0.05, 0.1) is 49.7 Å². The molecule has 1 N–H and O–H groups in total. The Labute approximate surface area is 250 Å². The standard InChI is InChI=1S/C34H36N2O7/c37-22-24-7-9-25(10-8-24)30-19-27(21-35-15-13-34(14-16-35)40-17-18-41-34)42-33(43-30)26-11-5-23(6-12-26)20-36-31(38)28-3-1-2-4-29(28)32(36)39/h1-12,27,30,33,37H,13-22H2/t27-,30+,33+/m1/s1. The van der Waals surface area contributed by atoms with E-state index in [4.69, 9.17) is 18.9 Å². The van der Waals surface area contributed by atoms with Gasteiger partial charge in [-0.2, -0.15) is 0 Å².